The molecule has 0 atom stereocenters. The van der Waals surface area contributed by atoms with Crippen LogP contribution in [0.5, 0.6) is 0 Å². The summed E-state index contributed by atoms with van der Waals surface area (Å²) in [7, 11) is 0. The van der Waals surface area contributed by atoms with Crippen LogP contribution < -0.4 is 10.6 Å². The molecule has 0 heterocycles. The highest BCUT2D eigenvalue weighted by Gasteiger charge is 1.98. The summed E-state index contributed by atoms with van der Waals surface area (Å²) in [6, 6.07) is 0. The van der Waals surface area contributed by atoms with E-state index in [1.807, 2.05) is 0 Å². The van der Waals surface area contributed by atoms with Crippen molar-refractivity contribution in [1.82, 2.24) is 10.6 Å². The van der Waals surface area contributed by atoms with Crippen LogP contribution in [0.3, 0.4) is 0 Å². The SMILES string of the molecule is S=C(NCCS)NC1=CCCC=C1. The van der Waals surface area contributed by atoms with Gasteiger partial charge in [-0.3, -0.25) is 0 Å². The van der Waals surface area contributed by atoms with Gasteiger partial charge in [-0.05, 0) is 31.1 Å². The zero-order valence-electron chi connectivity index (χ0n) is 7.42. The van der Waals surface area contributed by atoms with Crippen LogP contribution in [-0.4, -0.2) is 17.4 Å². The summed E-state index contributed by atoms with van der Waals surface area (Å²) in [5.74, 6) is 0.788. The second-order valence-electron chi connectivity index (χ2n) is 2.74. The van der Waals surface area contributed by atoms with Crippen LogP contribution in [0.4, 0.5) is 0 Å². The summed E-state index contributed by atoms with van der Waals surface area (Å²) >= 11 is 9.15. The van der Waals surface area contributed by atoms with Gasteiger partial charge in [0.1, 0.15) is 0 Å². The van der Waals surface area contributed by atoms with Crippen LogP contribution >= 0.6 is 24.8 Å². The van der Waals surface area contributed by atoms with E-state index in [9.17, 15) is 0 Å². The van der Waals surface area contributed by atoms with Crippen molar-refractivity contribution in [2.75, 3.05) is 12.3 Å². The number of allylic oxidation sites excluding steroid dienone is 3. The monoisotopic (exact) mass is 214 g/mol. The Balaban J connectivity index is 2.27. The molecule has 0 saturated heterocycles. The van der Waals surface area contributed by atoms with Crippen LogP contribution in [0.25, 0.3) is 0 Å². The van der Waals surface area contributed by atoms with Gasteiger partial charge in [0.2, 0.25) is 0 Å². The third-order valence-corrected chi connectivity index (χ3v) is 2.12. The first-order chi connectivity index (χ1) is 6.33. The highest BCUT2D eigenvalue weighted by Crippen LogP contribution is 2.06. The average Bonchev–Trinajstić information content (AvgIpc) is 2.16. The Morgan fingerprint density at radius 2 is 2.38 bits per heavy atom. The van der Waals surface area contributed by atoms with Gasteiger partial charge >= 0.3 is 0 Å². The molecule has 2 nitrogen and oxygen atoms in total. The van der Waals surface area contributed by atoms with Gasteiger partial charge < -0.3 is 10.6 Å². The molecular weight excluding hydrogens is 200 g/mol. The van der Waals surface area contributed by atoms with Gasteiger partial charge in [0.15, 0.2) is 5.11 Å². The summed E-state index contributed by atoms with van der Waals surface area (Å²) in [6.45, 7) is 0.798. The van der Waals surface area contributed by atoms with Gasteiger partial charge in [0.25, 0.3) is 0 Å². The minimum Gasteiger partial charge on any atom is -0.362 e. The van der Waals surface area contributed by atoms with E-state index in [0.29, 0.717) is 5.11 Å². The van der Waals surface area contributed by atoms with E-state index in [2.05, 4.69) is 41.5 Å². The Morgan fingerprint density at radius 1 is 1.54 bits per heavy atom. The van der Waals surface area contributed by atoms with Gasteiger partial charge in [-0.2, -0.15) is 12.6 Å². The van der Waals surface area contributed by atoms with E-state index in [-0.39, 0.29) is 0 Å². The molecule has 0 aromatic heterocycles. The van der Waals surface area contributed by atoms with Crippen LogP contribution in [0.15, 0.2) is 23.9 Å². The molecule has 72 valence electrons. The largest absolute Gasteiger partial charge is 0.362 e. The van der Waals surface area contributed by atoms with Crippen molar-refractivity contribution in [3.05, 3.63) is 23.9 Å². The number of hydrogen-bond acceptors (Lipinski definition) is 2. The lowest BCUT2D eigenvalue weighted by Gasteiger charge is -2.12. The Labute approximate surface area is 89.9 Å². The minimum atomic E-state index is 0.673. The van der Waals surface area contributed by atoms with E-state index in [0.717, 1.165) is 30.8 Å². The molecule has 0 amide bonds. The van der Waals surface area contributed by atoms with E-state index < -0.39 is 0 Å². The second-order valence-corrected chi connectivity index (χ2v) is 3.60. The van der Waals surface area contributed by atoms with E-state index in [1.165, 1.54) is 0 Å². The maximum atomic E-state index is 5.07. The lowest BCUT2D eigenvalue weighted by Crippen LogP contribution is -2.35. The summed E-state index contributed by atoms with van der Waals surface area (Å²) < 4.78 is 0. The van der Waals surface area contributed by atoms with Crippen molar-refractivity contribution >= 4 is 30.0 Å². The fourth-order valence-electron chi connectivity index (χ4n) is 1.05. The number of thiocarbonyl (C=S) groups is 1. The van der Waals surface area contributed by atoms with E-state index in [4.69, 9.17) is 12.2 Å². The molecule has 1 aliphatic carbocycles. The van der Waals surface area contributed by atoms with E-state index >= 15 is 0 Å². The molecule has 4 heteroatoms. The van der Waals surface area contributed by atoms with Crippen molar-refractivity contribution in [1.29, 1.82) is 0 Å². The van der Waals surface area contributed by atoms with Crippen molar-refractivity contribution in [3.8, 4) is 0 Å². The maximum Gasteiger partial charge on any atom is 0.170 e. The molecule has 0 radical (unpaired) electrons. The highest BCUT2D eigenvalue weighted by molar-refractivity contribution is 7.80. The van der Waals surface area contributed by atoms with Gasteiger partial charge in [0, 0.05) is 18.0 Å². The predicted octanol–water partition coefficient (Wildman–Crippen LogP) is 1.61. The van der Waals surface area contributed by atoms with Crippen LogP contribution in [0.2, 0.25) is 0 Å². The number of nitrogens with one attached hydrogen (secondary N) is 2. The Morgan fingerprint density at radius 3 is 3.00 bits per heavy atom. The zero-order valence-corrected chi connectivity index (χ0v) is 9.13. The maximum absolute atomic E-state index is 5.07. The molecule has 0 bridgehead atoms. The molecule has 0 unspecified atom stereocenters. The smallest absolute Gasteiger partial charge is 0.170 e. The molecule has 1 aliphatic rings. The summed E-state index contributed by atoms with van der Waals surface area (Å²) in [4.78, 5) is 0. The normalized spacial score (nSPS) is 15.0. The number of rotatable bonds is 3. The number of hydrogen-bond donors (Lipinski definition) is 3. The summed E-state index contributed by atoms with van der Waals surface area (Å²) in [6.07, 6.45) is 8.56. The fraction of sp³-hybridized carbons (Fsp3) is 0.444. The van der Waals surface area contributed by atoms with Gasteiger partial charge in [0.05, 0.1) is 0 Å². The highest BCUT2D eigenvalue weighted by atomic mass is 32.1. The fourth-order valence-corrected chi connectivity index (χ4v) is 1.38. The molecule has 1 rings (SSSR count). The van der Waals surface area contributed by atoms with Crippen LogP contribution in [0, 0.1) is 0 Å². The van der Waals surface area contributed by atoms with Crippen molar-refractivity contribution in [2.24, 2.45) is 0 Å². The van der Waals surface area contributed by atoms with Gasteiger partial charge in [-0.25, -0.2) is 0 Å². The molecule has 13 heavy (non-hydrogen) atoms. The zero-order chi connectivity index (χ0) is 9.52. The minimum absolute atomic E-state index is 0.673. The van der Waals surface area contributed by atoms with Crippen molar-refractivity contribution in [3.63, 3.8) is 0 Å². The quantitative estimate of drug-likeness (QED) is 0.491. The molecule has 0 fully saturated rings. The Bertz CT molecular complexity index is 234. The predicted molar refractivity (Wildman–Crippen MR) is 64.0 cm³/mol. The lowest BCUT2D eigenvalue weighted by molar-refractivity contribution is 0.929. The van der Waals surface area contributed by atoms with Crippen LogP contribution in [0.1, 0.15) is 12.8 Å². The molecule has 0 saturated carbocycles. The topological polar surface area (TPSA) is 24.1 Å². The van der Waals surface area contributed by atoms with Gasteiger partial charge in [-0.15, -0.1) is 0 Å². The molecule has 0 spiro atoms. The lowest BCUT2D eigenvalue weighted by atomic mass is 10.1. The first kappa shape index (κ1) is 10.6. The molecule has 0 aromatic rings. The van der Waals surface area contributed by atoms with Crippen molar-refractivity contribution in [2.45, 2.75) is 12.8 Å². The van der Waals surface area contributed by atoms with Crippen LogP contribution in [-0.2, 0) is 0 Å². The summed E-state index contributed by atoms with van der Waals surface area (Å²) in [5, 5.41) is 6.84. The second kappa shape index (κ2) is 6.05. The Kier molecular flexibility index (Phi) is 4.93. The van der Waals surface area contributed by atoms with E-state index in [1.54, 1.807) is 0 Å². The molecule has 2 N–H and O–H groups in total. The first-order valence-electron chi connectivity index (χ1n) is 4.35. The first-order valence-corrected chi connectivity index (χ1v) is 5.39. The molecule has 0 aliphatic heterocycles. The third kappa shape index (κ3) is 4.33. The third-order valence-electron chi connectivity index (χ3n) is 1.65. The van der Waals surface area contributed by atoms with Gasteiger partial charge in [-0.1, -0.05) is 12.2 Å². The molecule has 0 aromatic carbocycles. The van der Waals surface area contributed by atoms with Crippen molar-refractivity contribution < 1.29 is 0 Å². The number of thiol groups is 1. The molecular formula is C9H14N2S2. The average molecular weight is 214 g/mol. The Hall–Kier alpha value is -0.480. The summed E-state index contributed by atoms with van der Waals surface area (Å²) in [5.41, 5.74) is 1.09. The standard InChI is InChI=1S/C9H14N2S2/c12-7-6-10-9(13)11-8-4-2-1-3-5-8/h2,4-5,12H,1,3,6-7H2,(H2,10,11,13).